The van der Waals surface area contributed by atoms with Crippen LogP contribution in [-0.2, 0) is 6.42 Å². The lowest BCUT2D eigenvalue weighted by Crippen LogP contribution is -2.09. The molecular formula is C19H28FNO2. The maximum atomic E-state index is 14.8. The molecule has 0 aliphatic heterocycles. The number of nitro groups is 1. The molecule has 0 bridgehead atoms. The van der Waals surface area contributed by atoms with Gasteiger partial charge in [0.15, 0.2) is 0 Å². The molecule has 0 heterocycles. The van der Waals surface area contributed by atoms with Crippen molar-refractivity contribution in [3.8, 4) is 0 Å². The van der Waals surface area contributed by atoms with Crippen molar-refractivity contribution in [1.82, 2.24) is 0 Å². The van der Waals surface area contributed by atoms with Gasteiger partial charge < -0.3 is 0 Å². The molecule has 0 atom stereocenters. The zero-order chi connectivity index (χ0) is 16.7. The summed E-state index contributed by atoms with van der Waals surface area (Å²) >= 11 is 0. The van der Waals surface area contributed by atoms with E-state index in [0.29, 0.717) is 17.5 Å². The van der Waals surface area contributed by atoms with E-state index < -0.39 is 10.7 Å². The summed E-state index contributed by atoms with van der Waals surface area (Å²) < 4.78 is 14.8. The number of unbranched alkanes of at least 4 members (excludes halogenated alkanes) is 4. The van der Waals surface area contributed by atoms with Gasteiger partial charge in [-0.2, -0.15) is 4.39 Å². The lowest BCUT2D eigenvalue weighted by Gasteiger charge is -2.22. The maximum Gasteiger partial charge on any atom is 0.308 e. The molecule has 1 saturated carbocycles. The summed E-state index contributed by atoms with van der Waals surface area (Å²) in [5.41, 5.74) is 0.846. The molecule has 1 aromatic rings. The standard InChI is InChI=1S/C19H28FNO2/c1-2-3-4-5-7-12-16-13-14-17(15-10-8-6-9-11-15)18(20)19(16)21(22)23/h13-15H,2-12H2,1H3. The molecule has 3 nitrogen and oxygen atoms in total. The minimum absolute atomic E-state index is 0.154. The Kier molecular flexibility index (Phi) is 7.00. The van der Waals surface area contributed by atoms with E-state index in [2.05, 4.69) is 6.92 Å². The second-order valence-electron chi connectivity index (χ2n) is 6.73. The number of rotatable bonds is 8. The Balaban J connectivity index is 2.13. The van der Waals surface area contributed by atoms with Crippen molar-refractivity contribution in [1.29, 1.82) is 0 Å². The van der Waals surface area contributed by atoms with Gasteiger partial charge >= 0.3 is 5.69 Å². The lowest BCUT2D eigenvalue weighted by atomic mass is 9.83. The van der Waals surface area contributed by atoms with Crippen LogP contribution in [0.15, 0.2) is 12.1 Å². The van der Waals surface area contributed by atoms with Gasteiger partial charge in [-0.05, 0) is 37.2 Å². The van der Waals surface area contributed by atoms with Crippen molar-refractivity contribution >= 4 is 5.69 Å². The predicted octanol–water partition coefficient (Wildman–Crippen LogP) is 6.29. The third-order valence-corrected chi connectivity index (χ3v) is 5.01. The molecule has 1 aliphatic rings. The lowest BCUT2D eigenvalue weighted by molar-refractivity contribution is -0.388. The molecule has 0 N–H and O–H groups in total. The molecule has 1 fully saturated rings. The van der Waals surface area contributed by atoms with Gasteiger partial charge in [-0.3, -0.25) is 10.1 Å². The number of nitrogens with zero attached hydrogens (tertiary/aromatic N) is 1. The monoisotopic (exact) mass is 321 g/mol. The predicted molar refractivity (Wildman–Crippen MR) is 91.3 cm³/mol. The third-order valence-electron chi connectivity index (χ3n) is 5.01. The fourth-order valence-corrected chi connectivity index (χ4v) is 3.67. The molecule has 0 radical (unpaired) electrons. The second-order valence-corrected chi connectivity index (χ2v) is 6.73. The first-order valence-corrected chi connectivity index (χ1v) is 9.10. The summed E-state index contributed by atoms with van der Waals surface area (Å²) in [4.78, 5) is 10.9. The molecule has 0 amide bonds. The quantitative estimate of drug-likeness (QED) is 0.320. The van der Waals surface area contributed by atoms with Crippen LogP contribution in [0.4, 0.5) is 10.1 Å². The van der Waals surface area contributed by atoms with Crippen LogP contribution in [-0.4, -0.2) is 4.92 Å². The summed E-state index contributed by atoms with van der Waals surface area (Å²) in [6.07, 6.45) is 11.3. The third kappa shape index (κ3) is 4.76. The summed E-state index contributed by atoms with van der Waals surface area (Å²) in [6, 6.07) is 3.60. The number of hydrogen-bond acceptors (Lipinski definition) is 2. The zero-order valence-electron chi connectivity index (χ0n) is 14.2. The minimum atomic E-state index is -0.576. The zero-order valence-corrected chi connectivity index (χ0v) is 14.2. The van der Waals surface area contributed by atoms with Crippen molar-refractivity contribution in [2.24, 2.45) is 0 Å². The summed E-state index contributed by atoms with van der Waals surface area (Å²) in [7, 11) is 0. The van der Waals surface area contributed by atoms with E-state index in [4.69, 9.17) is 0 Å². The largest absolute Gasteiger partial charge is 0.308 e. The Labute approximate surface area is 138 Å². The molecule has 2 rings (SSSR count). The normalized spacial score (nSPS) is 15.7. The molecule has 128 valence electrons. The number of halogens is 1. The highest BCUT2D eigenvalue weighted by atomic mass is 19.1. The van der Waals surface area contributed by atoms with Crippen LogP contribution in [0.1, 0.15) is 88.2 Å². The van der Waals surface area contributed by atoms with Gasteiger partial charge in [0.1, 0.15) is 0 Å². The topological polar surface area (TPSA) is 43.1 Å². The van der Waals surface area contributed by atoms with Crippen LogP contribution in [0.25, 0.3) is 0 Å². The molecule has 4 heteroatoms. The first-order valence-electron chi connectivity index (χ1n) is 9.10. The van der Waals surface area contributed by atoms with Gasteiger partial charge in [0.25, 0.3) is 0 Å². The van der Waals surface area contributed by atoms with Crippen LogP contribution >= 0.6 is 0 Å². The first kappa shape index (κ1) is 17.9. The minimum Gasteiger partial charge on any atom is -0.258 e. The van der Waals surface area contributed by atoms with E-state index in [9.17, 15) is 14.5 Å². The van der Waals surface area contributed by atoms with Crippen LogP contribution in [0, 0.1) is 15.9 Å². The van der Waals surface area contributed by atoms with Crippen molar-refractivity contribution in [3.63, 3.8) is 0 Å². The average Bonchev–Trinajstić information content (AvgIpc) is 2.55. The SMILES string of the molecule is CCCCCCCc1ccc(C2CCCCC2)c(F)c1[N+](=O)[O-]. The molecule has 0 saturated heterocycles. The van der Waals surface area contributed by atoms with Gasteiger partial charge in [0.2, 0.25) is 5.82 Å². The van der Waals surface area contributed by atoms with Gasteiger partial charge in [-0.1, -0.05) is 64.0 Å². The second kappa shape index (κ2) is 8.99. The molecular weight excluding hydrogens is 293 g/mol. The maximum absolute atomic E-state index is 14.8. The van der Waals surface area contributed by atoms with E-state index >= 15 is 0 Å². The smallest absolute Gasteiger partial charge is 0.258 e. The van der Waals surface area contributed by atoms with E-state index in [0.717, 1.165) is 44.9 Å². The molecule has 1 aromatic carbocycles. The molecule has 23 heavy (non-hydrogen) atoms. The van der Waals surface area contributed by atoms with E-state index in [1.807, 2.05) is 0 Å². The van der Waals surface area contributed by atoms with Gasteiger partial charge in [-0.25, -0.2) is 0 Å². The first-order chi connectivity index (χ1) is 11.1. The van der Waals surface area contributed by atoms with Crippen molar-refractivity contribution in [3.05, 3.63) is 39.2 Å². The highest BCUT2D eigenvalue weighted by molar-refractivity contribution is 5.46. The van der Waals surface area contributed by atoms with Crippen molar-refractivity contribution < 1.29 is 9.31 Å². The fourth-order valence-electron chi connectivity index (χ4n) is 3.67. The van der Waals surface area contributed by atoms with Gasteiger partial charge in [0, 0.05) is 5.56 Å². The van der Waals surface area contributed by atoms with Crippen LogP contribution in [0.2, 0.25) is 0 Å². The highest BCUT2D eigenvalue weighted by Gasteiger charge is 2.27. The average molecular weight is 321 g/mol. The summed E-state index contributed by atoms with van der Waals surface area (Å²) in [5, 5.41) is 11.4. The van der Waals surface area contributed by atoms with E-state index in [1.165, 1.54) is 19.3 Å². The highest BCUT2D eigenvalue weighted by Crippen LogP contribution is 2.37. The van der Waals surface area contributed by atoms with Crippen molar-refractivity contribution in [2.75, 3.05) is 0 Å². The van der Waals surface area contributed by atoms with Gasteiger partial charge in [-0.15, -0.1) is 0 Å². The molecule has 0 unspecified atom stereocenters. The van der Waals surface area contributed by atoms with Gasteiger partial charge in [0.05, 0.1) is 4.92 Å². The number of nitro benzene ring substituents is 1. The van der Waals surface area contributed by atoms with Crippen LogP contribution in [0.3, 0.4) is 0 Å². The molecule has 1 aliphatic carbocycles. The Morgan fingerprint density at radius 2 is 1.83 bits per heavy atom. The van der Waals surface area contributed by atoms with Crippen LogP contribution < -0.4 is 0 Å². The van der Waals surface area contributed by atoms with Crippen molar-refractivity contribution in [2.45, 2.75) is 83.5 Å². The molecule has 0 spiro atoms. The Bertz CT molecular complexity index is 524. The van der Waals surface area contributed by atoms with E-state index in [-0.39, 0.29) is 11.6 Å². The number of aryl methyl sites for hydroxylation is 1. The number of hydrogen-bond donors (Lipinski definition) is 0. The Morgan fingerprint density at radius 1 is 1.13 bits per heavy atom. The number of benzene rings is 1. The Hall–Kier alpha value is -1.45. The molecule has 0 aromatic heterocycles. The van der Waals surface area contributed by atoms with Crippen LogP contribution in [0.5, 0.6) is 0 Å². The summed E-state index contributed by atoms with van der Waals surface area (Å²) in [6.45, 7) is 2.16. The van der Waals surface area contributed by atoms with E-state index in [1.54, 1.807) is 12.1 Å². The summed E-state index contributed by atoms with van der Waals surface area (Å²) in [5.74, 6) is -0.422. The Morgan fingerprint density at radius 3 is 2.48 bits per heavy atom. The fraction of sp³-hybridized carbons (Fsp3) is 0.684.